The molecule has 0 saturated carbocycles. The Morgan fingerprint density at radius 3 is 2.79 bits per heavy atom. The van der Waals surface area contributed by atoms with Crippen molar-refractivity contribution in [3.63, 3.8) is 0 Å². The van der Waals surface area contributed by atoms with Gasteiger partial charge in [0.05, 0.1) is 11.0 Å². The SMILES string of the molecule is O=C(O)c1nccnc1Sc1nc2ccccc2[nH]1. The van der Waals surface area contributed by atoms with Crippen LogP contribution in [0.25, 0.3) is 11.0 Å². The second kappa shape index (κ2) is 4.69. The number of aromatic carboxylic acids is 1. The van der Waals surface area contributed by atoms with E-state index in [0.717, 1.165) is 22.8 Å². The molecule has 0 unspecified atom stereocenters. The third-order valence-corrected chi connectivity index (χ3v) is 3.31. The molecule has 0 amide bonds. The minimum absolute atomic E-state index is 0.0760. The van der Waals surface area contributed by atoms with Gasteiger partial charge >= 0.3 is 5.97 Å². The van der Waals surface area contributed by atoms with Crippen LogP contribution in [0.3, 0.4) is 0 Å². The zero-order valence-corrected chi connectivity index (χ0v) is 10.4. The molecule has 3 aromatic rings. The number of carboxylic acids is 1. The first-order chi connectivity index (χ1) is 9.24. The molecule has 19 heavy (non-hydrogen) atoms. The molecule has 0 saturated heterocycles. The van der Waals surface area contributed by atoms with Crippen LogP contribution in [0, 0.1) is 0 Å². The summed E-state index contributed by atoms with van der Waals surface area (Å²) in [4.78, 5) is 26.3. The number of carboxylic acid groups (broad SMARTS) is 1. The average Bonchev–Trinajstić information content (AvgIpc) is 2.81. The highest BCUT2D eigenvalue weighted by Gasteiger charge is 2.15. The Labute approximate surface area is 111 Å². The van der Waals surface area contributed by atoms with Crippen molar-refractivity contribution in [2.24, 2.45) is 0 Å². The van der Waals surface area contributed by atoms with Crippen LogP contribution in [0.15, 0.2) is 46.8 Å². The van der Waals surface area contributed by atoms with Gasteiger partial charge in [-0.1, -0.05) is 12.1 Å². The van der Waals surface area contributed by atoms with Gasteiger partial charge in [-0.15, -0.1) is 0 Å². The van der Waals surface area contributed by atoms with Gasteiger partial charge in [0, 0.05) is 12.4 Å². The normalized spacial score (nSPS) is 10.7. The number of para-hydroxylation sites is 2. The number of hydrogen-bond acceptors (Lipinski definition) is 5. The molecule has 7 heteroatoms. The van der Waals surface area contributed by atoms with Crippen LogP contribution in [0.4, 0.5) is 0 Å². The maximum Gasteiger partial charge on any atom is 0.357 e. The Morgan fingerprint density at radius 2 is 2.00 bits per heavy atom. The Hall–Kier alpha value is -2.41. The highest BCUT2D eigenvalue weighted by molar-refractivity contribution is 7.99. The first-order valence-corrected chi connectivity index (χ1v) is 6.22. The Morgan fingerprint density at radius 1 is 1.21 bits per heavy atom. The van der Waals surface area contributed by atoms with Crippen LogP contribution in [-0.4, -0.2) is 31.0 Å². The van der Waals surface area contributed by atoms with E-state index in [0.29, 0.717) is 10.2 Å². The van der Waals surface area contributed by atoms with Gasteiger partial charge in [-0.3, -0.25) is 0 Å². The molecule has 0 aliphatic carbocycles. The largest absolute Gasteiger partial charge is 0.476 e. The molecule has 2 heterocycles. The number of aromatic nitrogens is 4. The lowest BCUT2D eigenvalue weighted by Crippen LogP contribution is -2.03. The van der Waals surface area contributed by atoms with Crippen molar-refractivity contribution in [1.29, 1.82) is 0 Å². The van der Waals surface area contributed by atoms with Gasteiger partial charge in [0.25, 0.3) is 0 Å². The lowest BCUT2D eigenvalue weighted by molar-refractivity contribution is 0.0685. The predicted octanol–water partition coefficient (Wildman–Crippen LogP) is 2.20. The predicted molar refractivity (Wildman–Crippen MR) is 69.2 cm³/mol. The fraction of sp³-hybridized carbons (Fsp3) is 0. The van der Waals surface area contributed by atoms with E-state index in [-0.39, 0.29) is 5.69 Å². The summed E-state index contributed by atoms with van der Waals surface area (Å²) in [6, 6.07) is 7.58. The number of imidazole rings is 1. The lowest BCUT2D eigenvalue weighted by atomic mass is 10.3. The number of nitrogens with one attached hydrogen (secondary N) is 1. The Balaban J connectivity index is 1.99. The van der Waals surface area contributed by atoms with E-state index in [9.17, 15) is 4.79 Å². The third kappa shape index (κ3) is 2.27. The van der Waals surface area contributed by atoms with Gasteiger partial charge < -0.3 is 10.1 Å². The summed E-state index contributed by atoms with van der Waals surface area (Å²) >= 11 is 1.15. The Bertz CT molecular complexity index is 723. The van der Waals surface area contributed by atoms with Crippen LogP contribution in [0.2, 0.25) is 0 Å². The molecule has 3 rings (SSSR count). The van der Waals surface area contributed by atoms with Crippen molar-refractivity contribution < 1.29 is 9.90 Å². The molecule has 0 atom stereocenters. The summed E-state index contributed by atoms with van der Waals surface area (Å²) in [5.41, 5.74) is 1.64. The molecule has 0 fully saturated rings. The molecule has 1 aromatic carbocycles. The van der Waals surface area contributed by atoms with Crippen molar-refractivity contribution in [1.82, 2.24) is 19.9 Å². The van der Waals surface area contributed by atoms with Crippen LogP contribution >= 0.6 is 11.8 Å². The summed E-state index contributed by atoms with van der Waals surface area (Å²) in [7, 11) is 0. The summed E-state index contributed by atoms with van der Waals surface area (Å²) in [6.45, 7) is 0. The van der Waals surface area contributed by atoms with E-state index >= 15 is 0 Å². The molecule has 0 spiro atoms. The van der Waals surface area contributed by atoms with Gasteiger partial charge in [-0.2, -0.15) is 0 Å². The van der Waals surface area contributed by atoms with Crippen LogP contribution < -0.4 is 0 Å². The molecule has 2 N–H and O–H groups in total. The van der Waals surface area contributed by atoms with Crippen LogP contribution in [-0.2, 0) is 0 Å². The second-order valence-corrected chi connectivity index (χ2v) is 4.65. The van der Waals surface area contributed by atoms with E-state index in [2.05, 4.69) is 19.9 Å². The van der Waals surface area contributed by atoms with E-state index in [1.54, 1.807) is 0 Å². The Kier molecular flexibility index (Phi) is 2.88. The number of nitrogens with zero attached hydrogens (tertiary/aromatic N) is 3. The minimum atomic E-state index is -1.10. The zero-order chi connectivity index (χ0) is 13.2. The van der Waals surface area contributed by atoms with E-state index in [1.807, 2.05) is 24.3 Å². The summed E-state index contributed by atoms with van der Waals surface area (Å²) < 4.78 is 0. The van der Waals surface area contributed by atoms with Crippen LogP contribution in [0.5, 0.6) is 0 Å². The quantitative estimate of drug-likeness (QED) is 0.759. The van der Waals surface area contributed by atoms with Crippen molar-refractivity contribution in [3.8, 4) is 0 Å². The smallest absolute Gasteiger partial charge is 0.357 e. The number of fused-ring (bicyclic) bond motifs is 1. The summed E-state index contributed by atoms with van der Waals surface area (Å²) in [5, 5.41) is 9.94. The molecule has 2 aromatic heterocycles. The van der Waals surface area contributed by atoms with Crippen LogP contribution in [0.1, 0.15) is 10.5 Å². The van der Waals surface area contributed by atoms with Gasteiger partial charge in [0.1, 0.15) is 5.03 Å². The summed E-state index contributed by atoms with van der Waals surface area (Å²) in [5.74, 6) is -1.10. The fourth-order valence-corrected chi connectivity index (χ4v) is 2.45. The zero-order valence-electron chi connectivity index (χ0n) is 9.57. The van der Waals surface area contributed by atoms with Crippen molar-refractivity contribution in [2.75, 3.05) is 0 Å². The fourth-order valence-electron chi connectivity index (χ4n) is 1.62. The molecule has 0 aliphatic heterocycles. The summed E-state index contributed by atoms with van der Waals surface area (Å²) in [6.07, 6.45) is 2.81. The number of hydrogen-bond donors (Lipinski definition) is 2. The van der Waals surface area contributed by atoms with Gasteiger partial charge in [-0.05, 0) is 23.9 Å². The number of benzene rings is 1. The topological polar surface area (TPSA) is 91.8 Å². The van der Waals surface area contributed by atoms with E-state index < -0.39 is 5.97 Å². The molecule has 94 valence electrons. The highest BCUT2D eigenvalue weighted by Crippen LogP contribution is 2.27. The first kappa shape index (κ1) is 11.7. The molecule has 0 bridgehead atoms. The van der Waals surface area contributed by atoms with Crippen molar-refractivity contribution >= 4 is 28.8 Å². The monoisotopic (exact) mass is 272 g/mol. The molecule has 0 aliphatic rings. The number of carbonyl (C=O) groups is 1. The maximum atomic E-state index is 11.0. The van der Waals surface area contributed by atoms with Crippen molar-refractivity contribution in [3.05, 3.63) is 42.4 Å². The minimum Gasteiger partial charge on any atom is -0.476 e. The molecule has 6 nitrogen and oxygen atoms in total. The average molecular weight is 272 g/mol. The second-order valence-electron chi connectivity index (χ2n) is 3.68. The molecule has 0 radical (unpaired) electrons. The van der Waals surface area contributed by atoms with E-state index in [4.69, 9.17) is 5.11 Å². The number of aromatic amines is 1. The molecular formula is C12H8N4O2S. The number of rotatable bonds is 3. The van der Waals surface area contributed by atoms with Gasteiger partial charge in [0.15, 0.2) is 10.9 Å². The molecular weight excluding hydrogens is 264 g/mol. The first-order valence-electron chi connectivity index (χ1n) is 5.41. The van der Waals surface area contributed by atoms with Gasteiger partial charge in [-0.25, -0.2) is 19.7 Å². The van der Waals surface area contributed by atoms with Gasteiger partial charge in [0.2, 0.25) is 0 Å². The maximum absolute atomic E-state index is 11.0. The lowest BCUT2D eigenvalue weighted by Gasteiger charge is -2.00. The third-order valence-electron chi connectivity index (χ3n) is 2.43. The highest BCUT2D eigenvalue weighted by atomic mass is 32.2. The number of H-pyrrole nitrogens is 1. The standard InChI is InChI=1S/C12H8N4O2S/c17-11(18)9-10(14-6-5-13-9)19-12-15-7-3-1-2-4-8(7)16-12/h1-6H,(H,15,16)(H,17,18). The van der Waals surface area contributed by atoms with E-state index in [1.165, 1.54) is 12.4 Å². The van der Waals surface area contributed by atoms with Crippen molar-refractivity contribution in [2.45, 2.75) is 10.2 Å².